The Morgan fingerprint density at radius 3 is 2.04 bits per heavy atom. The van der Waals surface area contributed by atoms with Crippen molar-refractivity contribution in [2.75, 3.05) is 14.5 Å². The highest BCUT2D eigenvalue weighted by Crippen LogP contribution is 2.40. The zero-order valence-electron chi connectivity index (χ0n) is 27.1. The maximum atomic E-state index is 14.4. The van der Waals surface area contributed by atoms with Crippen molar-refractivity contribution in [3.8, 4) is 0 Å². The number of fused-ring (bicyclic) bond motifs is 1. The molecule has 51 heavy (non-hydrogen) atoms. The minimum atomic E-state index is -4.00. The predicted octanol–water partition coefficient (Wildman–Crippen LogP) is 5.76. The summed E-state index contributed by atoms with van der Waals surface area (Å²) in [7, 11) is -4.00. The third-order valence-corrected chi connectivity index (χ3v) is 9.82. The van der Waals surface area contributed by atoms with Gasteiger partial charge in [-0.15, -0.1) is 0 Å². The van der Waals surface area contributed by atoms with Crippen LogP contribution in [0.5, 0.6) is 0 Å². The number of anilines is 4. The molecule has 0 bridgehead atoms. The Kier molecular flexibility index (Phi) is 10.2. The van der Waals surface area contributed by atoms with Crippen LogP contribution in [0, 0.1) is 17.6 Å². The molecule has 1 aliphatic rings. The number of carbonyl (C=O) groups excluding carboxylic acids is 3. The number of amides is 3. The van der Waals surface area contributed by atoms with Crippen LogP contribution in [0.15, 0.2) is 126 Å². The molecule has 4 N–H and O–H groups in total. The third-order valence-electron chi connectivity index (χ3n) is 8.42. The summed E-state index contributed by atoms with van der Waals surface area (Å²) in [5.74, 6) is -4.39. The van der Waals surface area contributed by atoms with E-state index in [1.165, 1.54) is 40.1 Å². The van der Waals surface area contributed by atoms with Crippen molar-refractivity contribution >= 4 is 50.5 Å². The number of hydrogen-bond donors (Lipinski definition) is 3. The van der Waals surface area contributed by atoms with Crippen LogP contribution in [0.4, 0.5) is 31.5 Å². The van der Waals surface area contributed by atoms with Crippen LogP contribution in [0.25, 0.3) is 0 Å². The number of sulfonamides is 1. The smallest absolute Gasteiger partial charge is 0.261 e. The topological polar surface area (TPSA) is 142 Å². The number of benzene rings is 5. The molecule has 1 unspecified atom stereocenters. The first-order chi connectivity index (χ1) is 24.5. The first-order valence-electron chi connectivity index (χ1n) is 15.9. The summed E-state index contributed by atoms with van der Waals surface area (Å²) in [6, 6.07) is 30.6. The predicted molar refractivity (Wildman–Crippen MR) is 189 cm³/mol. The second kappa shape index (κ2) is 14.9. The molecule has 0 spiro atoms. The quantitative estimate of drug-likeness (QED) is 0.149. The Hall–Kier alpha value is -5.92. The lowest BCUT2D eigenvalue weighted by Crippen LogP contribution is -2.43. The molecule has 10 nitrogen and oxygen atoms in total. The Morgan fingerprint density at radius 2 is 1.37 bits per heavy atom. The van der Waals surface area contributed by atoms with Crippen molar-refractivity contribution < 1.29 is 31.6 Å². The van der Waals surface area contributed by atoms with Crippen LogP contribution < -0.4 is 25.6 Å². The molecule has 1 atom stereocenters. The lowest BCUT2D eigenvalue weighted by molar-refractivity contribution is -0.136. The molecule has 0 radical (unpaired) electrons. The zero-order valence-corrected chi connectivity index (χ0v) is 27.9. The second-order valence-electron chi connectivity index (χ2n) is 11.8. The number of rotatable bonds is 11. The highest BCUT2D eigenvalue weighted by molar-refractivity contribution is 7.92. The molecular formula is C38H33F2N5O5S. The molecule has 260 valence electrons. The molecule has 0 saturated carbocycles. The minimum absolute atomic E-state index is 0.0264. The van der Waals surface area contributed by atoms with E-state index in [-0.39, 0.29) is 35.8 Å². The van der Waals surface area contributed by atoms with E-state index in [2.05, 4.69) is 10.0 Å². The summed E-state index contributed by atoms with van der Waals surface area (Å²) < 4.78 is 55.7. The fourth-order valence-corrected chi connectivity index (χ4v) is 6.79. The molecule has 5 aromatic rings. The summed E-state index contributed by atoms with van der Waals surface area (Å²) in [6.07, 6.45) is -0.502. The molecule has 3 amide bonds. The van der Waals surface area contributed by atoms with Gasteiger partial charge in [-0.2, -0.15) is 0 Å². The molecule has 5 aromatic carbocycles. The van der Waals surface area contributed by atoms with Crippen LogP contribution in [-0.4, -0.2) is 26.1 Å². The maximum absolute atomic E-state index is 14.4. The van der Waals surface area contributed by atoms with Crippen molar-refractivity contribution in [3.05, 3.63) is 150 Å². The molecule has 1 heterocycles. The molecule has 6 rings (SSSR count). The van der Waals surface area contributed by atoms with E-state index in [0.29, 0.717) is 22.6 Å². The Morgan fingerprint density at radius 1 is 0.745 bits per heavy atom. The highest BCUT2D eigenvalue weighted by atomic mass is 32.2. The number of halogens is 2. The summed E-state index contributed by atoms with van der Waals surface area (Å²) >= 11 is 0. The van der Waals surface area contributed by atoms with Crippen LogP contribution in [-0.2, 0) is 44.0 Å². The molecule has 13 heteroatoms. The van der Waals surface area contributed by atoms with E-state index in [1.807, 2.05) is 0 Å². The molecule has 0 aromatic heterocycles. The van der Waals surface area contributed by atoms with Gasteiger partial charge in [0.15, 0.2) is 0 Å². The molecular weight excluding hydrogens is 677 g/mol. The number of para-hydroxylation sites is 2. The highest BCUT2D eigenvalue weighted by Gasteiger charge is 2.42. The first kappa shape index (κ1) is 34.9. The Bertz CT molecular complexity index is 2180. The van der Waals surface area contributed by atoms with E-state index in [0.717, 1.165) is 29.8 Å². The molecule has 0 aliphatic carbocycles. The normalized spacial score (nSPS) is 14.5. The van der Waals surface area contributed by atoms with Crippen LogP contribution in [0.2, 0.25) is 0 Å². The lowest BCUT2D eigenvalue weighted by Gasteiger charge is -2.26. The van der Waals surface area contributed by atoms with E-state index in [4.69, 9.17) is 5.73 Å². The summed E-state index contributed by atoms with van der Waals surface area (Å²) in [6.45, 7) is 0.127. The van der Waals surface area contributed by atoms with Gasteiger partial charge in [0.1, 0.15) is 17.6 Å². The molecule has 0 fully saturated rings. The molecule has 0 saturated heterocycles. The number of nitrogens with zero attached hydrogens (tertiary/aromatic N) is 2. The number of carbonyl (C=O) groups is 3. The van der Waals surface area contributed by atoms with Gasteiger partial charge in [-0.25, -0.2) is 17.2 Å². The minimum Gasteiger partial charge on any atom is -0.352 e. The van der Waals surface area contributed by atoms with Gasteiger partial charge in [-0.3, -0.25) is 24.0 Å². The average Bonchev–Trinajstić information content (AvgIpc) is 3.21. The number of nitrogens with one attached hydrogen (secondary N) is 2. The van der Waals surface area contributed by atoms with Crippen LogP contribution >= 0.6 is 0 Å². The van der Waals surface area contributed by atoms with Crippen molar-refractivity contribution in [2.45, 2.75) is 31.0 Å². The van der Waals surface area contributed by atoms with Crippen molar-refractivity contribution in [3.63, 3.8) is 0 Å². The standard InChI is InChI=1S/C38H33F2N5O5S/c39-28-13-19-31(20-14-28)51(49,50)43-29-15-9-26(10-16-29)24-44-34-7-3-4-8-35(34)45(30-17-11-25(22-41)12-18-30)38(48)32(37(44)47)21-36(46)42-23-27-5-1-2-6-33(27)40/h1-20,32,43H,21-24,41H2,(H,42,46). The summed E-state index contributed by atoms with van der Waals surface area (Å²) in [5.41, 5.74) is 9.00. The van der Waals surface area contributed by atoms with Crippen molar-refractivity contribution in [1.82, 2.24) is 5.32 Å². The van der Waals surface area contributed by atoms with Gasteiger partial charge >= 0.3 is 0 Å². The van der Waals surface area contributed by atoms with Crippen LogP contribution in [0.1, 0.15) is 23.1 Å². The number of nitrogens with two attached hydrogens (primary N) is 1. The third kappa shape index (κ3) is 7.79. The average molecular weight is 710 g/mol. The van der Waals surface area contributed by atoms with Gasteiger partial charge < -0.3 is 16.0 Å². The fourth-order valence-electron chi connectivity index (χ4n) is 5.74. The van der Waals surface area contributed by atoms with Gasteiger partial charge in [-0.05, 0) is 77.9 Å². The van der Waals surface area contributed by atoms with E-state index < -0.39 is 51.7 Å². The van der Waals surface area contributed by atoms with Gasteiger partial charge in [0, 0.05) is 36.4 Å². The van der Waals surface area contributed by atoms with E-state index in [1.54, 1.807) is 66.7 Å². The summed E-state index contributed by atoms with van der Waals surface area (Å²) in [4.78, 5) is 44.8. The van der Waals surface area contributed by atoms with Gasteiger partial charge in [0.25, 0.3) is 10.0 Å². The monoisotopic (exact) mass is 709 g/mol. The molecule has 1 aliphatic heterocycles. The Balaban J connectivity index is 1.31. The van der Waals surface area contributed by atoms with Gasteiger partial charge in [0.2, 0.25) is 17.7 Å². The summed E-state index contributed by atoms with van der Waals surface area (Å²) in [5, 5.41) is 2.63. The Labute approximate surface area is 293 Å². The SMILES string of the molecule is NCc1ccc(N2C(=O)C(CC(=O)NCc3ccccc3F)C(=O)N(Cc3ccc(NS(=O)(=O)c4ccc(F)cc4)cc3)c3ccccc32)cc1. The van der Waals surface area contributed by atoms with Crippen LogP contribution in [0.3, 0.4) is 0 Å². The zero-order chi connectivity index (χ0) is 36.1. The van der Waals surface area contributed by atoms with Gasteiger partial charge in [0.05, 0.1) is 22.8 Å². The maximum Gasteiger partial charge on any atom is 0.261 e. The van der Waals surface area contributed by atoms with E-state index >= 15 is 0 Å². The first-order valence-corrected chi connectivity index (χ1v) is 17.4. The van der Waals surface area contributed by atoms with E-state index in [9.17, 15) is 31.6 Å². The fraction of sp³-hybridized carbons (Fsp3) is 0.132. The number of hydrogen-bond acceptors (Lipinski definition) is 6. The van der Waals surface area contributed by atoms with Gasteiger partial charge in [-0.1, -0.05) is 54.6 Å². The van der Waals surface area contributed by atoms with Crippen molar-refractivity contribution in [1.29, 1.82) is 0 Å². The second-order valence-corrected chi connectivity index (χ2v) is 13.5. The van der Waals surface area contributed by atoms with Crippen molar-refractivity contribution in [2.24, 2.45) is 11.7 Å². The largest absolute Gasteiger partial charge is 0.352 e. The lowest BCUT2D eigenvalue weighted by atomic mass is 10.0.